The predicted molar refractivity (Wildman–Crippen MR) is 170 cm³/mol. The van der Waals surface area contributed by atoms with Crippen LogP contribution in [0.2, 0.25) is 0 Å². The molecule has 1 heterocycles. The van der Waals surface area contributed by atoms with E-state index >= 15 is 0 Å². The van der Waals surface area contributed by atoms with E-state index in [0.29, 0.717) is 51.6 Å². The summed E-state index contributed by atoms with van der Waals surface area (Å²) in [5.41, 5.74) is 32.9. The van der Waals surface area contributed by atoms with E-state index in [2.05, 4.69) is 20.9 Å². The Labute approximate surface area is 269 Å². The monoisotopic (exact) mass is 655 g/mol. The molecular formula is C28H53N11O7. The van der Waals surface area contributed by atoms with Gasteiger partial charge in [0, 0.05) is 19.5 Å². The number of nitrogens with zero attached hydrogens (tertiary/aromatic N) is 2. The molecule has 0 radical (unpaired) electrons. The lowest BCUT2D eigenvalue weighted by atomic mass is 10.0. The maximum atomic E-state index is 13.7. The van der Waals surface area contributed by atoms with Crippen LogP contribution in [0.25, 0.3) is 0 Å². The van der Waals surface area contributed by atoms with E-state index < -0.39 is 65.7 Å². The minimum atomic E-state index is -1.25. The molecule has 262 valence electrons. The lowest BCUT2D eigenvalue weighted by Crippen LogP contribution is -2.58. The molecule has 1 fully saturated rings. The number of carboxylic acid groups (broad SMARTS) is 1. The van der Waals surface area contributed by atoms with Crippen molar-refractivity contribution in [2.75, 3.05) is 26.2 Å². The summed E-state index contributed by atoms with van der Waals surface area (Å²) >= 11 is 0. The third-order valence-electron chi connectivity index (χ3n) is 7.58. The van der Waals surface area contributed by atoms with Crippen molar-refractivity contribution in [1.82, 2.24) is 20.9 Å². The number of nitrogens with two attached hydrogens (primary N) is 6. The van der Waals surface area contributed by atoms with Crippen molar-refractivity contribution in [2.24, 2.45) is 39.4 Å². The number of carboxylic acids is 1. The fourth-order valence-corrected chi connectivity index (χ4v) is 5.02. The first kappa shape index (κ1) is 40.0. The SMILES string of the molecule is NCCCCC(NC(=O)C1CCCN1C(=O)C(CCCCN)NC(=O)C(N)CCC(N)=O)C(=O)NC(CCCN=C(N)N)C(=O)O. The maximum Gasteiger partial charge on any atom is 0.326 e. The summed E-state index contributed by atoms with van der Waals surface area (Å²) in [6.45, 7) is 1.17. The fourth-order valence-electron chi connectivity index (χ4n) is 5.02. The van der Waals surface area contributed by atoms with E-state index in [0.717, 1.165) is 0 Å². The van der Waals surface area contributed by atoms with Gasteiger partial charge in [0.05, 0.1) is 6.04 Å². The summed E-state index contributed by atoms with van der Waals surface area (Å²) in [5.74, 6) is -4.38. The number of carbonyl (C=O) groups excluding carboxylic acids is 5. The highest BCUT2D eigenvalue weighted by Gasteiger charge is 2.39. The fraction of sp³-hybridized carbons (Fsp3) is 0.750. The molecule has 0 aliphatic carbocycles. The molecule has 5 unspecified atom stereocenters. The Balaban J connectivity index is 3.05. The Morgan fingerprint density at radius 1 is 0.783 bits per heavy atom. The number of carbonyl (C=O) groups is 6. The first-order valence-corrected chi connectivity index (χ1v) is 15.8. The van der Waals surface area contributed by atoms with E-state index in [-0.39, 0.29) is 57.6 Å². The predicted octanol–water partition coefficient (Wildman–Crippen LogP) is -3.58. The van der Waals surface area contributed by atoms with Gasteiger partial charge in [-0.3, -0.25) is 29.0 Å². The molecule has 0 bridgehead atoms. The Kier molecular flexibility index (Phi) is 18.8. The topological polar surface area (TPSA) is 330 Å². The normalized spacial score (nSPS) is 16.8. The van der Waals surface area contributed by atoms with Crippen LogP contribution in [-0.4, -0.2) is 108 Å². The molecule has 16 N–H and O–H groups in total. The van der Waals surface area contributed by atoms with Gasteiger partial charge in [-0.05, 0) is 83.7 Å². The third kappa shape index (κ3) is 14.8. The molecule has 1 aliphatic rings. The average Bonchev–Trinajstić information content (AvgIpc) is 3.50. The first-order chi connectivity index (χ1) is 21.8. The second kappa shape index (κ2) is 21.7. The highest BCUT2D eigenvalue weighted by molar-refractivity contribution is 5.95. The molecule has 0 aromatic carbocycles. The number of likely N-dealkylation sites (tertiary alicyclic amines) is 1. The van der Waals surface area contributed by atoms with Crippen LogP contribution in [0.1, 0.15) is 77.0 Å². The number of hydrogen-bond acceptors (Lipinski definition) is 10. The Morgan fingerprint density at radius 3 is 1.93 bits per heavy atom. The number of amides is 5. The molecule has 1 rings (SSSR count). The van der Waals surface area contributed by atoms with Crippen molar-refractivity contribution >= 4 is 41.5 Å². The lowest BCUT2D eigenvalue weighted by Gasteiger charge is -2.30. The molecule has 0 saturated carbocycles. The number of unbranched alkanes of at least 4 members (excludes halogenated alkanes) is 2. The van der Waals surface area contributed by atoms with E-state index in [1.54, 1.807) is 0 Å². The van der Waals surface area contributed by atoms with Gasteiger partial charge in [-0.2, -0.15) is 0 Å². The van der Waals surface area contributed by atoms with Crippen LogP contribution in [0.4, 0.5) is 0 Å². The molecule has 0 aromatic rings. The Hall–Kier alpha value is -4.03. The van der Waals surface area contributed by atoms with Crippen molar-refractivity contribution in [3.05, 3.63) is 0 Å². The van der Waals surface area contributed by atoms with Crippen molar-refractivity contribution in [1.29, 1.82) is 0 Å². The van der Waals surface area contributed by atoms with E-state index in [1.165, 1.54) is 4.90 Å². The highest BCUT2D eigenvalue weighted by Crippen LogP contribution is 2.21. The van der Waals surface area contributed by atoms with E-state index in [4.69, 9.17) is 34.4 Å². The molecular weight excluding hydrogens is 602 g/mol. The van der Waals surface area contributed by atoms with Crippen molar-refractivity contribution in [3.63, 3.8) is 0 Å². The van der Waals surface area contributed by atoms with E-state index in [9.17, 15) is 33.9 Å². The number of rotatable bonds is 23. The number of aliphatic carboxylic acids is 1. The summed E-state index contributed by atoms with van der Waals surface area (Å²) in [4.78, 5) is 81.3. The zero-order valence-electron chi connectivity index (χ0n) is 26.5. The van der Waals surface area contributed by atoms with Gasteiger partial charge in [-0.25, -0.2) is 4.79 Å². The van der Waals surface area contributed by atoms with Crippen molar-refractivity contribution < 1.29 is 33.9 Å². The number of nitrogens with one attached hydrogen (secondary N) is 3. The zero-order chi connectivity index (χ0) is 34.6. The minimum absolute atomic E-state index is 0.00619. The molecule has 0 aromatic heterocycles. The molecule has 18 nitrogen and oxygen atoms in total. The summed E-state index contributed by atoms with van der Waals surface area (Å²) in [6.07, 6.45) is 3.69. The van der Waals surface area contributed by atoms with Gasteiger partial charge in [0.2, 0.25) is 29.5 Å². The molecule has 18 heteroatoms. The quantitative estimate of drug-likeness (QED) is 0.0290. The molecule has 5 amide bonds. The van der Waals surface area contributed by atoms with Crippen LogP contribution in [0.15, 0.2) is 4.99 Å². The largest absolute Gasteiger partial charge is 0.480 e. The Bertz CT molecular complexity index is 1050. The van der Waals surface area contributed by atoms with E-state index in [1.807, 2.05) is 0 Å². The van der Waals surface area contributed by atoms with Gasteiger partial charge in [-0.15, -0.1) is 0 Å². The summed E-state index contributed by atoms with van der Waals surface area (Å²) in [5, 5.41) is 17.5. The van der Waals surface area contributed by atoms with Gasteiger partial charge in [0.15, 0.2) is 5.96 Å². The van der Waals surface area contributed by atoms with Crippen LogP contribution in [-0.2, 0) is 28.8 Å². The summed E-state index contributed by atoms with van der Waals surface area (Å²) in [7, 11) is 0. The first-order valence-electron chi connectivity index (χ1n) is 15.8. The van der Waals surface area contributed by atoms with Crippen LogP contribution >= 0.6 is 0 Å². The van der Waals surface area contributed by atoms with Crippen molar-refractivity contribution in [2.45, 2.75) is 107 Å². The van der Waals surface area contributed by atoms with Gasteiger partial charge in [0.1, 0.15) is 24.2 Å². The molecule has 5 atom stereocenters. The molecule has 0 spiro atoms. The van der Waals surface area contributed by atoms with Crippen LogP contribution in [0, 0.1) is 0 Å². The standard InChI is InChI=1S/C28H53N11O7/c29-13-3-1-7-18(24(42)38-20(27(45)46)9-5-15-35-28(33)34)36-25(43)21-10-6-16-39(21)26(44)19(8-2-4-14-30)37-23(41)17(31)11-12-22(32)40/h17-21H,1-16,29-31H2,(H2,32,40)(H,36,43)(H,37,41)(H,38,42)(H,45,46)(H4,33,34,35). The summed E-state index contributed by atoms with van der Waals surface area (Å²) in [6, 6.07) is -5.31. The number of primary amides is 1. The molecule has 1 saturated heterocycles. The van der Waals surface area contributed by atoms with Crippen LogP contribution in [0.5, 0.6) is 0 Å². The average molecular weight is 656 g/mol. The second-order valence-corrected chi connectivity index (χ2v) is 11.3. The van der Waals surface area contributed by atoms with Gasteiger partial charge in [0.25, 0.3) is 0 Å². The van der Waals surface area contributed by atoms with Gasteiger partial charge < -0.3 is 60.4 Å². The lowest BCUT2D eigenvalue weighted by molar-refractivity contribution is -0.143. The van der Waals surface area contributed by atoms with Gasteiger partial charge in [-0.1, -0.05) is 0 Å². The summed E-state index contributed by atoms with van der Waals surface area (Å²) < 4.78 is 0. The molecule has 1 aliphatic heterocycles. The second-order valence-electron chi connectivity index (χ2n) is 11.3. The maximum absolute atomic E-state index is 13.7. The highest BCUT2D eigenvalue weighted by atomic mass is 16.4. The number of guanidine groups is 1. The smallest absolute Gasteiger partial charge is 0.326 e. The zero-order valence-corrected chi connectivity index (χ0v) is 26.5. The third-order valence-corrected chi connectivity index (χ3v) is 7.58. The number of aliphatic imine (C=N–C) groups is 1. The van der Waals surface area contributed by atoms with Crippen LogP contribution < -0.4 is 50.4 Å². The minimum Gasteiger partial charge on any atom is -0.480 e. The number of hydrogen-bond donors (Lipinski definition) is 10. The molecule has 46 heavy (non-hydrogen) atoms. The van der Waals surface area contributed by atoms with Crippen molar-refractivity contribution in [3.8, 4) is 0 Å². The van der Waals surface area contributed by atoms with Gasteiger partial charge >= 0.3 is 5.97 Å². The Morgan fingerprint density at radius 2 is 1.37 bits per heavy atom. The van der Waals surface area contributed by atoms with Crippen LogP contribution in [0.3, 0.4) is 0 Å².